The first-order valence-electron chi connectivity index (χ1n) is 7.03. The standard InChI is InChI=1S/C17H12ClN5O/c18-14-3-1-2-4-15(14)22-17(24)12(8-19)9-20-13-6-5-11-10-21-23-16(11)7-13/h1-7,9-10,20H,(H,21,23)(H,22,24)/b12-9-. The third-order valence-corrected chi connectivity index (χ3v) is 3.64. The van der Waals surface area contributed by atoms with Crippen LogP contribution in [0, 0.1) is 11.3 Å². The van der Waals surface area contributed by atoms with Gasteiger partial charge in [-0.1, -0.05) is 23.7 Å². The molecule has 118 valence electrons. The number of benzene rings is 2. The van der Waals surface area contributed by atoms with Gasteiger partial charge in [-0.05, 0) is 30.3 Å². The Balaban J connectivity index is 1.75. The summed E-state index contributed by atoms with van der Waals surface area (Å²) in [6.07, 6.45) is 3.07. The van der Waals surface area contributed by atoms with Crippen molar-refractivity contribution in [2.45, 2.75) is 0 Å². The number of nitrogens with zero attached hydrogens (tertiary/aromatic N) is 2. The van der Waals surface area contributed by atoms with Crippen molar-refractivity contribution in [2.75, 3.05) is 10.6 Å². The van der Waals surface area contributed by atoms with Crippen LogP contribution in [0.2, 0.25) is 5.02 Å². The van der Waals surface area contributed by atoms with Crippen molar-refractivity contribution in [3.05, 3.63) is 65.5 Å². The van der Waals surface area contributed by atoms with Gasteiger partial charge in [0.25, 0.3) is 5.91 Å². The Kier molecular flexibility index (Phi) is 4.45. The van der Waals surface area contributed by atoms with Crippen LogP contribution in [0.4, 0.5) is 11.4 Å². The molecule has 2 aromatic carbocycles. The third-order valence-electron chi connectivity index (χ3n) is 3.31. The van der Waals surface area contributed by atoms with E-state index in [1.165, 1.54) is 6.20 Å². The minimum Gasteiger partial charge on any atom is -0.360 e. The van der Waals surface area contributed by atoms with Crippen molar-refractivity contribution < 1.29 is 4.79 Å². The van der Waals surface area contributed by atoms with E-state index in [1.807, 2.05) is 24.3 Å². The Morgan fingerprint density at radius 3 is 2.92 bits per heavy atom. The number of rotatable bonds is 4. The molecule has 0 saturated heterocycles. The fraction of sp³-hybridized carbons (Fsp3) is 0. The van der Waals surface area contributed by atoms with Crippen molar-refractivity contribution in [3.8, 4) is 6.07 Å². The summed E-state index contributed by atoms with van der Waals surface area (Å²) >= 11 is 5.99. The number of aromatic nitrogens is 2. The molecule has 0 saturated carbocycles. The lowest BCUT2D eigenvalue weighted by molar-refractivity contribution is -0.112. The average Bonchev–Trinajstić information content (AvgIpc) is 3.05. The highest BCUT2D eigenvalue weighted by atomic mass is 35.5. The largest absolute Gasteiger partial charge is 0.360 e. The average molecular weight is 338 g/mol. The molecular formula is C17H12ClN5O. The van der Waals surface area contributed by atoms with Crippen LogP contribution in [0.1, 0.15) is 0 Å². The van der Waals surface area contributed by atoms with E-state index in [9.17, 15) is 10.1 Å². The molecule has 3 aromatic rings. The summed E-state index contributed by atoms with van der Waals surface area (Å²) in [5.41, 5.74) is 1.96. The molecule has 0 aliphatic rings. The maximum absolute atomic E-state index is 12.2. The second-order valence-electron chi connectivity index (χ2n) is 4.92. The first kappa shape index (κ1) is 15.6. The number of halogens is 1. The Hall–Kier alpha value is -3.30. The molecule has 3 rings (SSSR count). The molecule has 0 fully saturated rings. The zero-order valence-electron chi connectivity index (χ0n) is 12.4. The SMILES string of the molecule is N#C/C(=C/Nc1ccc2cn[nH]c2c1)C(=O)Nc1ccccc1Cl. The van der Waals surface area contributed by atoms with Gasteiger partial charge in [-0.3, -0.25) is 9.89 Å². The predicted molar refractivity (Wildman–Crippen MR) is 93.5 cm³/mol. The molecule has 1 amide bonds. The van der Waals surface area contributed by atoms with E-state index >= 15 is 0 Å². The fourth-order valence-electron chi connectivity index (χ4n) is 2.08. The number of nitrogens with one attached hydrogen (secondary N) is 3. The molecule has 0 aliphatic heterocycles. The van der Waals surface area contributed by atoms with E-state index in [0.717, 1.165) is 16.6 Å². The van der Waals surface area contributed by atoms with Gasteiger partial charge in [-0.15, -0.1) is 0 Å². The Labute approximate surface area is 142 Å². The first-order chi connectivity index (χ1) is 11.7. The summed E-state index contributed by atoms with van der Waals surface area (Å²) in [4.78, 5) is 12.2. The smallest absolute Gasteiger partial charge is 0.267 e. The van der Waals surface area contributed by atoms with Gasteiger partial charge >= 0.3 is 0 Å². The highest BCUT2D eigenvalue weighted by Crippen LogP contribution is 2.21. The molecule has 6 nitrogen and oxygen atoms in total. The van der Waals surface area contributed by atoms with Gasteiger partial charge in [0.15, 0.2) is 0 Å². The van der Waals surface area contributed by atoms with Gasteiger partial charge < -0.3 is 10.6 Å². The van der Waals surface area contributed by atoms with Crippen LogP contribution in [-0.4, -0.2) is 16.1 Å². The van der Waals surface area contributed by atoms with Crippen LogP contribution in [0.25, 0.3) is 10.9 Å². The number of fused-ring (bicyclic) bond motifs is 1. The Morgan fingerprint density at radius 2 is 2.12 bits per heavy atom. The molecule has 0 radical (unpaired) electrons. The van der Waals surface area contributed by atoms with Crippen molar-refractivity contribution in [1.82, 2.24) is 10.2 Å². The zero-order chi connectivity index (χ0) is 16.9. The van der Waals surface area contributed by atoms with Crippen molar-refractivity contribution in [2.24, 2.45) is 0 Å². The van der Waals surface area contributed by atoms with E-state index < -0.39 is 5.91 Å². The van der Waals surface area contributed by atoms with E-state index in [1.54, 1.807) is 30.5 Å². The molecule has 1 heterocycles. The lowest BCUT2D eigenvalue weighted by Gasteiger charge is -2.06. The minimum absolute atomic E-state index is 0.0698. The van der Waals surface area contributed by atoms with Gasteiger partial charge in [0.2, 0.25) is 0 Å². The van der Waals surface area contributed by atoms with E-state index in [2.05, 4.69) is 20.8 Å². The second kappa shape index (κ2) is 6.86. The molecule has 1 aromatic heterocycles. The molecule has 0 spiro atoms. The van der Waals surface area contributed by atoms with Gasteiger partial charge in [-0.2, -0.15) is 10.4 Å². The molecule has 24 heavy (non-hydrogen) atoms. The van der Waals surface area contributed by atoms with E-state index in [-0.39, 0.29) is 5.57 Å². The fourth-order valence-corrected chi connectivity index (χ4v) is 2.27. The summed E-state index contributed by atoms with van der Waals surface area (Å²) in [6, 6.07) is 14.2. The topological polar surface area (TPSA) is 93.6 Å². The number of aromatic amines is 1. The number of H-pyrrole nitrogens is 1. The number of amides is 1. The number of carbonyl (C=O) groups excluding carboxylic acids is 1. The summed E-state index contributed by atoms with van der Waals surface area (Å²) < 4.78 is 0. The first-order valence-corrected chi connectivity index (χ1v) is 7.41. The van der Waals surface area contributed by atoms with Gasteiger partial charge in [-0.25, -0.2) is 0 Å². The maximum atomic E-state index is 12.2. The zero-order valence-corrected chi connectivity index (χ0v) is 13.1. The molecule has 0 unspecified atom stereocenters. The van der Waals surface area contributed by atoms with Crippen molar-refractivity contribution in [3.63, 3.8) is 0 Å². The van der Waals surface area contributed by atoms with Crippen LogP contribution in [0.3, 0.4) is 0 Å². The summed E-state index contributed by atoms with van der Waals surface area (Å²) in [6.45, 7) is 0. The highest BCUT2D eigenvalue weighted by Gasteiger charge is 2.11. The number of carbonyl (C=O) groups is 1. The number of para-hydroxylation sites is 1. The number of anilines is 2. The lowest BCUT2D eigenvalue weighted by atomic mass is 10.2. The number of hydrogen-bond acceptors (Lipinski definition) is 4. The molecule has 0 aliphatic carbocycles. The van der Waals surface area contributed by atoms with Crippen LogP contribution < -0.4 is 10.6 Å². The highest BCUT2D eigenvalue weighted by molar-refractivity contribution is 6.34. The predicted octanol–water partition coefficient (Wildman–Crippen LogP) is 3.67. The monoisotopic (exact) mass is 337 g/mol. The normalized spacial score (nSPS) is 11.1. The van der Waals surface area contributed by atoms with Crippen molar-refractivity contribution in [1.29, 1.82) is 5.26 Å². The van der Waals surface area contributed by atoms with Crippen LogP contribution in [0.15, 0.2) is 60.4 Å². The summed E-state index contributed by atoms with van der Waals surface area (Å²) in [5.74, 6) is -0.541. The Morgan fingerprint density at radius 1 is 1.29 bits per heavy atom. The van der Waals surface area contributed by atoms with Crippen LogP contribution in [0.5, 0.6) is 0 Å². The minimum atomic E-state index is -0.541. The summed E-state index contributed by atoms with van der Waals surface area (Å²) in [5, 5.41) is 22.9. The molecule has 0 atom stereocenters. The molecule has 0 bridgehead atoms. The van der Waals surface area contributed by atoms with Gasteiger partial charge in [0.05, 0.1) is 22.4 Å². The van der Waals surface area contributed by atoms with Crippen molar-refractivity contribution >= 4 is 39.8 Å². The molecule has 3 N–H and O–H groups in total. The van der Waals surface area contributed by atoms with E-state index in [4.69, 9.17) is 11.6 Å². The quantitative estimate of drug-likeness (QED) is 0.500. The number of nitriles is 1. The molecular weight excluding hydrogens is 326 g/mol. The summed E-state index contributed by atoms with van der Waals surface area (Å²) in [7, 11) is 0. The molecule has 7 heteroatoms. The van der Waals surface area contributed by atoms with Crippen LogP contribution >= 0.6 is 11.6 Å². The maximum Gasteiger partial charge on any atom is 0.267 e. The lowest BCUT2D eigenvalue weighted by Crippen LogP contribution is -2.14. The van der Waals surface area contributed by atoms with E-state index in [0.29, 0.717) is 10.7 Å². The third kappa shape index (κ3) is 3.37. The van der Waals surface area contributed by atoms with Gasteiger partial charge in [0.1, 0.15) is 11.6 Å². The Bertz CT molecular complexity index is 970. The second-order valence-corrected chi connectivity index (χ2v) is 5.33. The number of hydrogen-bond donors (Lipinski definition) is 3. The van der Waals surface area contributed by atoms with Crippen LogP contribution in [-0.2, 0) is 4.79 Å². The van der Waals surface area contributed by atoms with Gasteiger partial charge in [0, 0.05) is 17.3 Å².